The Hall–Kier alpha value is -4.30. The van der Waals surface area contributed by atoms with Gasteiger partial charge >= 0.3 is 0 Å². The molecule has 4 aromatic rings. The quantitative estimate of drug-likeness (QED) is 0.327. The average molecular weight is 498 g/mol. The predicted octanol–water partition coefficient (Wildman–Crippen LogP) is 6.04. The number of hydrogen-bond donors (Lipinski definition) is 1. The van der Waals surface area contributed by atoms with Crippen LogP contribution in [-0.4, -0.2) is 26.8 Å². The van der Waals surface area contributed by atoms with Crippen LogP contribution < -0.4 is 9.64 Å². The molecule has 180 valence electrons. The molecule has 36 heavy (non-hydrogen) atoms. The van der Waals surface area contributed by atoms with Crippen LogP contribution >= 0.6 is 11.3 Å². The molecular formula is C28H23N3O4S. The second-order valence-corrected chi connectivity index (χ2v) is 9.72. The molecule has 1 aliphatic rings. The molecule has 1 amide bonds. The number of aliphatic hydroxyl groups is 1. The highest BCUT2D eigenvalue weighted by Crippen LogP contribution is 2.43. The van der Waals surface area contributed by atoms with Gasteiger partial charge in [-0.25, -0.2) is 4.98 Å². The number of aliphatic hydroxyl groups excluding tert-OH is 1. The van der Waals surface area contributed by atoms with Crippen molar-refractivity contribution in [3.05, 3.63) is 111 Å². The topological polar surface area (TPSA) is 92.6 Å². The zero-order valence-electron chi connectivity index (χ0n) is 19.9. The van der Waals surface area contributed by atoms with Crippen molar-refractivity contribution in [1.82, 2.24) is 9.97 Å². The summed E-state index contributed by atoms with van der Waals surface area (Å²) in [7, 11) is 0. The van der Waals surface area contributed by atoms with Gasteiger partial charge in [0.2, 0.25) is 5.78 Å². The molecule has 8 heteroatoms. The summed E-state index contributed by atoms with van der Waals surface area (Å²) in [5, 5.41) is 11.7. The van der Waals surface area contributed by atoms with Crippen molar-refractivity contribution in [3.63, 3.8) is 0 Å². The van der Waals surface area contributed by atoms with Gasteiger partial charge in [0.1, 0.15) is 11.5 Å². The molecule has 0 aliphatic carbocycles. The molecule has 3 heterocycles. The summed E-state index contributed by atoms with van der Waals surface area (Å²) in [6.07, 6.45) is 3.21. The Balaban J connectivity index is 1.53. The number of rotatable bonds is 6. The third-order valence-corrected chi connectivity index (χ3v) is 6.97. The highest BCUT2D eigenvalue weighted by molar-refractivity contribution is 7.14. The molecule has 0 radical (unpaired) electrons. The average Bonchev–Trinajstić information content (AvgIpc) is 3.35. The van der Waals surface area contributed by atoms with Crippen LogP contribution in [-0.2, 0) is 4.79 Å². The predicted molar refractivity (Wildman–Crippen MR) is 138 cm³/mol. The van der Waals surface area contributed by atoms with E-state index in [-0.39, 0.29) is 5.57 Å². The first kappa shape index (κ1) is 23.4. The molecule has 0 spiro atoms. The number of Topliss-reactive ketones (excluding diaryl/α,β-unsaturated/α-hetero) is 1. The fourth-order valence-corrected chi connectivity index (χ4v) is 5.18. The van der Waals surface area contributed by atoms with E-state index >= 15 is 0 Å². The molecule has 0 bridgehead atoms. The summed E-state index contributed by atoms with van der Waals surface area (Å²) < 4.78 is 5.94. The van der Waals surface area contributed by atoms with Gasteiger partial charge in [0.25, 0.3) is 5.91 Å². The molecule has 0 saturated carbocycles. The monoisotopic (exact) mass is 497 g/mol. The number of aryl methyl sites for hydroxylation is 3. The number of anilines is 1. The van der Waals surface area contributed by atoms with E-state index in [1.165, 1.54) is 16.2 Å². The van der Waals surface area contributed by atoms with Gasteiger partial charge in [-0.05, 0) is 74.4 Å². The number of aromatic nitrogens is 2. The van der Waals surface area contributed by atoms with Crippen LogP contribution in [0.15, 0.2) is 84.4 Å². The van der Waals surface area contributed by atoms with Crippen LogP contribution in [0.2, 0.25) is 0 Å². The number of hydrogen-bond acceptors (Lipinski definition) is 7. The fourth-order valence-electron chi connectivity index (χ4n) is 4.31. The van der Waals surface area contributed by atoms with Crippen molar-refractivity contribution >= 4 is 28.7 Å². The lowest BCUT2D eigenvalue weighted by Crippen LogP contribution is -2.31. The number of carbonyl (C=O) groups is 2. The first-order valence-electron chi connectivity index (χ1n) is 11.3. The van der Waals surface area contributed by atoms with Gasteiger partial charge in [-0.1, -0.05) is 18.2 Å². The lowest BCUT2D eigenvalue weighted by molar-refractivity contribution is -0.117. The number of pyridine rings is 1. The Morgan fingerprint density at radius 1 is 1.03 bits per heavy atom. The first-order chi connectivity index (χ1) is 17.3. The molecule has 2 aromatic heterocycles. The second kappa shape index (κ2) is 9.39. The molecular weight excluding hydrogens is 474 g/mol. The summed E-state index contributed by atoms with van der Waals surface area (Å²) >= 11 is 1.24. The third-order valence-electron chi connectivity index (χ3n) is 5.90. The summed E-state index contributed by atoms with van der Waals surface area (Å²) in [5.74, 6) is -0.341. The van der Waals surface area contributed by atoms with E-state index in [0.29, 0.717) is 33.3 Å². The summed E-state index contributed by atoms with van der Waals surface area (Å²) in [6, 6.07) is 17.3. The smallest absolute Gasteiger partial charge is 0.294 e. The zero-order chi connectivity index (χ0) is 25.4. The first-order valence-corrected chi connectivity index (χ1v) is 12.1. The van der Waals surface area contributed by atoms with Crippen molar-refractivity contribution in [1.29, 1.82) is 0 Å². The van der Waals surface area contributed by atoms with Gasteiger partial charge in [-0.2, -0.15) is 0 Å². The van der Waals surface area contributed by atoms with Crippen molar-refractivity contribution in [2.75, 3.05) is 4.90 Å². The number of amides is 1. The van der Waals surface area contributed by atoms with Crippen LogP contribution in [0.25, 0.3) is 0 Å². The van der Waals surface area contributed by atoms with E-state index in [9.17, 15) is 14.7 Å². The Bertz CT molecular complexity index is 1490. The molecule has 0 saturated heterocycles. The van der Waals surface area contributed by atoms with E-state index in [0.717, 1.165) is 10.6 Å². The number of carbonyl (C=O) groups excluding carboxylic acids is 2. The van der Waals surface area contributed by atoms with Gasteiger partial charge in [0.05, 0.1) is 27.2 Å². The van der Waals surface area contributed by atoms with E-state index in [1.807, 2.05) is 38.1 Å². The maximum absolute atomic E-state index is 13.6. The molecule has 1 aliphatic heterocycles. The van der Waals surface area contributed by atoms with Crippen molar-refractivity contribution in [3.8, 4) is 11.5 Å². The normalized spacial score (nSPS) is 15.5. The molecule has 2 aromatic carbocycles. The van der Waals surface area contributed by atoms with Crippen LogP contribution in [0.5, 0.6) is 11.5 Å². The minimum Gasteiger partial charge on any atom is -0.503 e. The van der Waals surface area contributed by atoms with Gasteiger partial charge < -0.3 is 9.84 Å². The zero-order valence-corrected chi connectivity index (χ0v) is 20.7. The van der Waals surface area contributed by atoms with E-state index in [1.54, 1.807) is 55.7 Å². The van der Waals surface area contributed by atoms with E-state index in [4.69, 9.17) is 4.74 Å². The van der Waals surface area contributed by atoms with Crippen molar-refractivity contribution in [2.24, 2.45) is 0 Å². The highest BCUT2D eigenvalue weighted by atomic mass is 32.1. The molecule has 1 unspecified atom stereocenters. The minimum atomic E-state index is -0.843. The third kappa shape index (κ3) is 4.27. The Morgan fingerprint density at radius 3 is 2.44 bits per heavy atom. The lowest BCUT2D eigenvalue weighted by Gasteiger charge is -2.26. The van der Waals surface area contributed by atoms with Gasteiger partial charge in [-0.15, -0.1) is 11.3 Å². The number of thiazole rings is 1. The maximum atomic E-state index is 13.6. The van der Waals surface area contributed by atoms with Gasteiger partial charge in [0.15, 0.2) is 5.76 Å². The van der Waals surface area contributed by atoms with Crippen LogP contribution in [0.1, 0.15) is 37.5 Å². The molecule has 0 fully saturated rings. The van der Waals surface area contributed by atoms with Gasteiger partial charge in [0, 0.05) is 18.1 Å². The van der Waals surface area contributed by atoms with Crippen LogP contribution in [0.3, 0.4) is 0 Å². The Kier molecular flexibility index (Phi) is 6.12. The molecule has 5 rings (SSSR count). The minimum absolute atomic E-state index is 0.0137. The standard InChI is InChI=1S/C28H23N3O4S/c1-16-6-4-8-22(14-16)35-21-11-9-20(10-12-21)31-24(19-7-5-13-29-15-19)23(26(33)28(31)34)25(32)27-17(2)30-18(3)36-27/h4-15,24,33H,1-3H3. The van der Waals surface area contributed by atoms with Crippen LogP contribution in [0.4, 0.5) is 5.69 Å². The summed E-state index contributed by atoms with van der Waals surface area (Å²) in [5.41, 5.74) is 2.78. The number of ketones is 1. The molecule has 7 nitrogen and oxygen atoms in total. The van der Waals surface area contributed by atoms with E-state index < -0.39 is 23.5 Å². The van der Waals surface area contributed by atoms with E-state index in [2.05, 4.69) is 9.97 Å². The van der Waals surface area contributed by atoms with Crippen LogP contribution in [0, 0.1) is 20.8 Å². The second-order valence-electron chi connectivity index (χ2n) is 8.52. The lowest BCUT2D eigenvalue weighted by atomic mass is 9.96. The number of benzene rings is 2. The van der Waals surface area contributed by atoms with Crippen molar-refractivity contribution in [2.45, 2.75) is 26.8 Å². The number of nitrogens with zero attached hydrogens (tertiary/aromatic N) is 3. The van der Waals surface area contributed by atoms with Gasteiger partial charge in [-0.3, -0.25) is 19.5 Å². The van der Waals surface area contributed by atoms with Crippen molar-refractivity contribution < 1.29 is 19.4 Å². The maximum Gasteiger partial charge on any atom is 0.294 e. The largest absolute Gasteiger partial charge is 0.503 e. The Morgan fingerprint density at radius 2 is 1.81 bits per heavy atom. The fraction of sp³-hybridized carbons (Fsp3) is 0.143. The SMILES string of the molecule is Cc1cccc(Oc2ccc(N3C(=O)C(O)=C(C(=O)c4sc(C)nc4C)C3c3cccnc3)cc2)c1. The molecule has 1 N–H and O–H groups in total. The number of ether oxygens (including phenoxy) is 1. The Labute approximate surface area is 212 Å². The summed E-state index contributed by atoms with van der Waals surface area (Å²) in [6.45, 7) is 5.55. The highest BCUT2D eigenvalue weighted by Gasteiger charge is 2.45. The summed E-state index contributed by atoms with van der Waals surface area (Å²) in [4.78, 5) is 37.3. The molecule has 1 atom stereocenters.